The van der Waals surface area contributed by atoms with E-state index < -0.39 is 0 Å². The van der Waals surface area contributed by atoms with Gasteiger partial charge in [-0.25, -0.2) is 0 Å². The number of rotatable bonds is 6. The molecule has 0 aliphatic rings. The van der Waals surface area contributed by atoms with Crippen LogP contribution in [0.5, 0.6) is 5.75 Å². The van der Waals surface area contributed by atoms with Gasteiger partial charge >= 0.3 is 0 Å². The highest BCUT2D eigenvalue weighted by Gasteiger charge is 2.14. The van der Waals surface area contributed by atoms with Crippen LogP contribution in [-0.2, 0) is 16.1 Å². The molecule has 0 aliphatic carbocycles. The number of halogens is 1. The Labute approximate surface area is 165 Å². The predicted octanol–water partition coefficient (Wildman–Crippen LogP) is 2.60. The van der Waals surface area contributed by atoms with E-state index in [-0.39, 0.29) is 18.4 Å². The van der Waals surface area contributed by atoms with Gasteiger partial charge in [-0.05, 0) is 35.5 Å². The number of carbonyl (C=O) groups excluding carboxylic acids is 2. The average molecular weight is 401 g/mol. The number of nitrogens with zero attached hydrogens (tertiary/aromatic N) is 4. The smallest absolute Gasteiger partial charge is 0.248 e. The number of carbonyl (C=O) groups is 2. The summed E-state index contributed by atoms with van der Waals surface area (Å²) in [4.78, 5) is 24.8. The van der Waals surface area contributed by atoms with Crippen molar-refractivity contribution in [2.45, 2.75) is 13.5 Å². The number of benzene rings is 2. The van der Waals surface area contributed by atoms with Gasteiger partial charge in [0.1, 0.15) is 12.3 Å². The highest BCUT2D eigenvalue weighted by Crippen LogP contribution is 2.28. The Morgan fingerprint density at radius 3 is 2.68 bits per heavy atom. The number of aromatic nitrogens is 4. The molecule has 0 saturated carbocycles. The standard InChI is InChI=1S/C18H17ClN6O3/c1-11(26)20-12-7-8-16(28-2)15(9-12)21-17(27)10-25-23-18(22-24-25)13-5-3-4-6-14(13)19/h3-9H,10H2,1-2H3,(H,20,26)(H,21,27). The van der Waals surface area contributed by atoms with Crippen LogP contribution in [0.3, 0.4) is 0 Å². The van der Waals surface area contributed by atoms with Gasteiger partial charge in [0, 0.05) is 18.2 Å². The van der Waals surface area contributed by atoms with Crippen LogP contribution in [0.1, 0.15) is 6.92 Å². The summed E-state index contributed by atoms with van der Waals surface area (Å²) in [6, 6.07) is 12.0. The summed E-state index contributed by atoms with van der Waals surface area (Å²) in [7, 11) is 1.48. The molecule has 0 bridgehead atoms. The maximum Gasteiger partial charge on any atom is 0.248 e. The number of anilines is 2. The first kappa shape index (κ1) is 19.3. The monoisotopic (exact) mass is 400 g/mol. The maximum absolute atomic E-state index is 12.4. The molecule has 2 amide bonds. The molecule has 144 valence electrons. The molecule has 28 heavy (non-hydrogen) atoms. The minimum Gasteiger partial charge on any atom is -0.495 e. The Hall–Kier alpha value is -3.46. The second kappa shape index (κ2) is 8.49. The molecule has 3 aromatic rings. The summed E-state index contributed by atoms with van der Waals surface area (Å²) in [6.45, 7) is 1.24. The first-order chi connectivity index (χ1) is 13.5. The number of methoxy groups -OCH3 is 1. The summed E-state index contributed by atoms with van der Waals surface area (Å²) >= 11 is 6.13. The van der Waals surface area contributed by atoms with Crippen molar-refractivity contribution in [2.75, 3.05) is 17.7 Å². The Kier molecular flexibility index (Phi) is 5.85. The predicted molar refractivity (Wildman–Crippen MR) is 104 cm³/mol. The first-order valence-electron chi connectivity index (χ1n) is 8.24. The minimum absolute atomic E-state index is 0.162. The quantitative estimate of drug-likeness (QED) is 0.657. The van der Waals surface area contributed by atoms with Crippen molar-refractivity contribution in [2.24, 2.45) is 0 Å². The lowest BCUT2D eigenvalue weighted by atomic mass is 10.2. The van der Waals surface area contributed by atoms with Crippen molar-refractivity contribution in [3.8, 4) is 17.1 Å². The molecule has 3 rings (SSSR count). The van der Waals surface area contributed by atoms with Gasteiger partial charge in [0.05, 0.1) is 17.8 Å². The summed E-state index contributed by atoms with van der Waals surface area (Å²) in [6.07, 6.45) is 0. The number of hydrogen-bond donors (Lipinski definition) is 2. The normalized spacial score (nSPS) is 10.4. The fourth-order valence-electron chi connectivity index (χ4n) is 2.47. The third kappa shape index (κ3) is 4.63. The number of amides is 2. The highest BCUT2D eigenvalue weighted by atomic mass is 35.5. The van der Waals surface area contributed by atoms with E-state index >= 15 is 0 Å². The van der Waals surface area contributed by atoms with Crippen molar-refractivity contribution in [3.05, 3.63) is 47.5 Å². The topological polar surface area (TPSA) is 111 Å². The first-order valence-corrected chi connectivity index (χ1v) is 8.62. The zero-order valence-corrected chi connectivity index (χ0v) is 15.9. The molecule has 2 aromatic carbocycles. The van der Waals surface area contributed by atoms with Gasteiger partial charge in [-0.15, -0.1) is 10.2 Å². The van der Waals surface area contributed by atoms with E-state index in [4.69, 9.17) is 16.3 Å². The molecular weight excluding hydrogens is 384 g/mol. The van der Waals surface area contributed by atoms with Crippen molar-refractivity contribution in [3.63, 3.8) is 0 Å². The van der Waals surface area contributed by atoms with E-state index in [1.807, 2.05) is 6.07 Å². The van der Waals surface area contributed by atoms with Crippen molar-refractivity contribution < 1.29 is 14.3 Å². The molecule has 9 nitrogen and oxygen atoms in total. The van der Waals surface area contributed by atoms with Crippen LogP contribution < -0.4 is 15.4 Å². The largest absolute Gasteiger partial charge is 0.495 e. The third-order valence-corrected chi connectivity index (χ3v) is 3.98. The van der Waals surface area contributed by atoms with Gasteiger partial charge in [0.2, 0.25) is 17.6 Å². The molecule has 0 spiro atoms. The SMILES string of the molecule is COc1ccc(NC(C)=O)cc1NC(=O)Cn1nnc(-c2ccccc2Cl)n1. The van der Waals surface area contributed by atoms with E-state index in [9.17, 15) is 9.59 Å². The summed E-state index contributed by atoms with van der Waals surface area (Å²) in [5, 5.41) is 17.9. The van der Waals surface area contributed by atoms with E-state index in [1.165, 1.54) is 14.0 Å². The van der Waals surface area contributed by atoms with Crippen LogP contribution in [-0.4, -0.2) is 39.1 Å². The van der Waals surface area contributed by atoms with Crippen LogP contribution in [0.2, 0.25) is 5.02 Å². The highest BCUT2D eigenvalue weighted by molar-refractivity contribution is 6.33. The fraction of sp³-hybridized carbons (Fsp3) is 0.167. The van der Waals surface area contributed by atoms with Crippen molar-refractivity contribution in [1.29, 1.82) is 0 Å². The summed E-state index contributed by atoms with van der Waals surface area (Å²) < 4.78 is 5.24. The Morgan fingerprint density at radius 1 is 1.18 bits per heavy atom. The summed E-state index contributed by atoms with van der Waals surface area (Å²) in [5.41, 5.74) is 1.56. The lowest BCUT2D eigenvalue weighted by Crippen LogP contribution is -2.21. The fourth-order valence-corrected chi connectivity index (χ4v) is 2.69. The molecule has 2 N–H and O–H groups in total. The van der Waals surface area contributed by atoms with Gasteiger partial charge in [-0.2, -0.15) is 4.80 Å². The van der Waals surface area contributed by atoms with E-state index in [1.54, 1.807) is 36.4 Å². The second-order valence-electron chi connectivity index (χ2n) is 5.77. The zero-order valence-electron chi connectivity index (χ0n) is 15.1. The van der Waals surface area contributed by atoms with Gasteiger partial charge in [0.15, 0.2) is 0 Å². The Morgan fingerprint density at radius 2 is 1.96 bits per heavy atom. The number of nitrogens with one attached hydrogen (secondary N) is 2. The molecule has 10 heteroatoms. The molecule has 0 saturated heterocycles. The number of hydrogen-bond acceptors (Lipinski definition) is 6. The van der Waals surface area contributed by atoms with Gasteiger partial charge in [-0.3, -0.25) is 9.59 Å². The molecule has 0 fully saturated rings. The molecule has 0 radical (unpaired) electrons. The Balaban J connectivity index is 1.72. The zero-order chi connectivity index (χ0) is 20.1. The van der Waals surface area contributed by atoms with E-state index in [0.29, 0.717) is 33.5 Å². The molecule has 0 aliphatic heterocycles. The molecule has 0 atom stereocenters. The van der Waals surface area contributed by atoms with Crippen LogP contribution in [0.25, 0.3) is 11.4 Å². The minimum atomic E-state index is -0.388. The number of ether oxygens (including phenoxy) is 1. The lowest BCUT2D eigenvalue weighted by molar-refractivity contribution is -0.117. The van der Waals surface area contributed by atoms with Gasteiger partial charge < -0.3 is 15.4 Å². The molecule has 1 aromatic heterocycles. The lowest BCUT2D eigenvalue weighted by Gasteiger charge is -2.12. The molecular formula is C18H17ClN6O3. The molecule has 1 heterocycles. The van der Waals surface area contributed by atoms with Crippen LogP contribution in [0, 0.1) is 0 Å². The van der Waals surface area contributed by atoms with Crippen LogP contribution in [0.4, 0.5) is 11.4 Å². The van der Waals surface area contributed by atoms with E-state index in [0.717, 1.165) is 4.80 Å². The van der Waals surface area contributed by atoms with Crippen LogP contribution >= 0.6 is 11.6 Å². The van der Waals surface area contributed by atoms with Gasteiger partial charge in [-0.1, -0.05) is 23.7 Å². The van der Waals surface area contributed by atoms with Crippen molar-refractivity contribution in [1.82, 2.24) is 20.2 Å². The second-order valence-corrected chi connectivity index (χ2v) is 6.17. The number of tetrazole rings is 1. The summed E-state index contributed by atoms with van der Waals surface area (Å²) in [5.74, 6) is 0.164. The third-order valence-electron chi connectivity index (χ3n) is 3.65. The van der Waals surface area contributed by atoms with E-state index in [2.05, 4.69) is 26.0 Å². The molecule has 0 unspecified atom stereocenters. The average Bonchev–Trinajstić information content (AvgIpc) is 3.10. The van der Waals surface area contributed by atoms with Crippen molar-refractivity contribution >= 4 is 34.8 Å². The Bertz CT molecular complexity index is 1020. The van der Waals surface area contributed by atoms with Gasteiger partial charge in [0.25, 0.3) is 0 Å². The van der Waals surface area contributed by atoms with Crippen LogP contribution in [0.15, 0.2) is 42.5 Å². The maximum atomic E-state index is 12.4.